The summed E-state index contributed by atoms with van der Waals surface area (Å²) in [6.07, 6.45) is 0. The Labute approximate surface area is 138 Å². The lowest BCUT2D eigenvalue weighted by molar-refractivity contribution is 0.0949. The van der Waals surface area contributed by atoms with Crippen molar-refractivity contribution < 1.29 is 4.79 Å². The quantitative estimate of drug-likeness (QED) is 0.774. The number of nitrogens with one attached hydrogen (secondary N) is 2. The van der Waals surface area contributed by atoms with E-state index < -0.39 is 0 Å². The highest BCUT2D eigenvalue weighted by Crippen LogP contribution is 2.17. The van der Waals surface area contributed by atoms with Crippen molar-refractivity contribution in [2.24, 2.45) is 0 Å². The summed E-state index contributed by atoms with van der Waals surface area (Å²) >= 11 is 5.83. The van der Waals surface area contributed by atoms with E-state index in [0.717, 1.165) is 16.5 Å². The van der Waals surface area contributed by atoms with Gasteiger partial charge in [0.05, 0.1) is 0 Å². The van der Waals surface area contributed by atoms with Crippen molar-refractivity contribution in [1.29, 1.82) is 0 Å². The highest BCUT2D eigenvalue weighted by Gasteiger charge is 2.16. The highest BCUT2D eigenvalue weighted by atomic mass is 35.5. The van der Waals surface area contributed by atoms with Gasteiger partial charge in [0, 0.05) is 22.5 Å². The second-order valence-electron chi connectivity index (χ2n) is 5.31. The molecule has 1 aromatic heterocycles. The van der Waals surface area contributed by atoms with Gasteiger partial charge in [-0.25, -0.2) is 0 Å². The van der Waals surface area contributed by atoms with Gasteiger partial charge in [-0.2, -0.15) is 0 Å². The fourth-order valence-corrected chi connectivity index (χ4v) is 2.68. The molecule has 1 heterocycles. The molecule has 2 N–H and O–H groups in total. The summed E-state index contributed by atoms with van der Waals surface area (Å²) in [5.74, 6) is -0.385. The van der Waals surface area contributed by atoms with E-state index >= 15 is 0 Å². The van der Waals surface area contributed by atoms with Crippen molar-refractivity contribution in [3.63, 3.8) is 0 Å². The molecule has 23 heavy (non-hydrogen) atoms. The molecular formula is C18H15ClN2O2. The first-order chi connectivity index (χ1) is 11.1. The second kappa shape index (κ2) is 6.26. The summed E-state index contributed by atoms with van der Waals surface area (Å²) < 4.78 is 0. The number of hydrogen-bond donors (Lipinski definition) is 2. The van der Waals surface area contributed by atoms with Crippen molar-refractivity contribution in [3.8, 4) is 0 Å². The molecular weight excluding hydrogens is 312 g/mol. The fourth-order valence-electron chi connectivity index (χ4n) is 2.56. The number of fused-ring (bicyclic) bond motifs is 1. The lowest BCUT2D eigenvalue weighted by Gasteiger charge is -2.09. The van der Waals surface area contributed by atoms with Crippen LogP contribution in [0, 0.1) is 6.92 Å². The fraction of sp³-hybridized carbons (Fsp3) is 0.111. The Balaban J connectivity index is 1.89. The molecule has 0 spiro atoms. The van der Waals surface area contributed by atoms with E-state index in [9.17, 15) is 9.59 Å². The molecule has 0 saturated heterocycles. The van der Waals surface area contributed by atoms with Crippen LogP contribution in [0.5, 0.6) is 0 Å². The van der Waals surface area contributed by atoms with Gasteiger partial charge in [-0.05, 0) is 36.2 Å². The van der Waals surface area contributed by atoms with Crippen molar-refractivity contribution in [3.05, 3.63) is 80.6 Å². The maximum Gasteiger partial charge on any atom is 0.261 e. The van der Waals surface area contributed by atoms with Crippen LogP contribution in [0.1, 0.15) is 21.5 Å². The van der Waals surface area contributed by atoms with E-state index in [0.29, 0.717) is 17.1 Å². The summed E-state index contributed by atoms with van der Waals surface area (Å²) in [6.45, 7) is 2.12. The molecule has 0 atom stereocenters. The minimum Gasteiger partial charge on any atom is -0.348 e. The molecule has 0 saturated carbocycles. The number of rotatable bonds is 3. The van der Waals surface area contributed by atoms with E-state index in [2.05, 4.69) is 10.3 Å². The summed E-state index contributed by atoms with van der Waals surface area (Å²) in [5, 5.41) is 4.28. The van der Waals surface area contributed by atoms with Gasteiger partial charge in [0.25, 0.3) is 11.5 Å². The maximum absolute atomic E-state index is 12.4. The van der Waals surface area contributed by atoms with Gasteiger partial charge in [0.2, 0.25) is 0 Å². The standard InChI is InChI=1S/C18H15ClN2O2/c1-11-14-4-2-3-5-15(14)21-18(23)16(11)17(22)20-10-12-6-8-13(19)9-7-12/h2-9H,10H2,1H3,(H,20,22)(H,21,23). The molecule has 0 unspecified atom stereocenters. The van der Waals surface area contributed by atoms with Gasteiger partial charge in [-0.1, -0.05) is 41.9 Å². The first kappa shape index (κ1) is 15.3. The smallest absolute Gasteiger partial charge is 0.261 e. The number of benzene rings is 2. The molecule has 0 aliphatic carbocycles. The zero-order valence-electron chi connectivity index (χ0n) is 12.5. The number of H-pyrrole nitrogens is 1. The zero-order chi connectivity index (χ0) is 16.4. The van der Waals surface area contributed by atoms with E-state index in [1.165, 1.54) is 0 Å². The average Bonchev–Trinajstić information content (AvgIpc) is 2.54. The average molecular weight is 327 g/mol. The third kappa shape index (κ3) is 3.12. The predicted octanol–water partition coefficient (Wildman–Crippen LogP) is 3.42. The Bertz CT molecular complexity index is 930. The first-order valence-electron chi connectivity index (χ1n) is 7.20. The molecule has 0 aliphatic heterocycles. The van der Waals surface area contributed by atoms with Crippen LogP contribution in [0.25, 0.3) is 10.9 Å². The van der Waals surface area contributed by atoms with Crippen LogP contribution < -0.4 is 10.9 Å². The van der Waals surface area contributed by atoms with Crippen LogP contribution in [0.2, 0.25) is 5.02 Å². The SMILES string of the molecule is Cc1c(C(=O)NCc2ccc(Cl)cc2)c(=O)[nH]c2ccccc12. The number of pyridine rings is 1. The number of carbonyl (C=O) groups is 1. The van der Waals surface area contributed by atoms with Gasteiger partial charge in [-0.15, -0.1) is 0 Å². The predicted molar refractivity (Wildman–Crippen MR) is 91.9 cm³/mol. The summed E-state index contributed by atoms with van der Waals surface area (Å²) in [4.78, 5) is 27.4. The largest absolute Gasteiger partial charge is 0.348 e. The summed E-state index contributed by atoms with van der Waals surface area (Å²) in [6, 6.07) is 14.6. The Morgan fingerprint density at radius 1 is 1.13 bits per heavy atom. The van der Waals surface area contributed by atoms with Gasteiger partial charge in [0.15, 0.2) is 0 Å². The summed E-state index contributed by atoms with van der Waals surface area (Å²) in [5.41, 5.74) is 2.09. The van der Waals surface area contributed by atoms with Crippen molar-refractivity contribution in [2.75, 3.05) is 0 Å². The molecule has 5 heteroatoms. The summed E-state index contributed by atoms with van der Waals surface area (Å²) in [7, 11) is 0. The van der Waals surface area contributed by atoms with Crippen molar-refractivity contribution in [2.45, 2.75) is 13.5 Å². The number of aromatic nitrogens is 1. The Morgan fingerprint density at radius 3 is 2.57 bits per heavy atom. The molecule has 1 amide bonds. The van der Waals surface area contributed by atoms with E-state index in [4.69, 9.17) is 11.6 Å². The first-order valence-corrected chi connectivity index (χ1v) is 7.58. The number of carbonyl (C=O) groups excluding carboxylic acids is 1. The van der Waals surface area contributed by atoms with Crippen molar-refractivity contribution >= 4 is 28.4 Å². The molecule has 0 radical (unpaired) electrons. The molecule has 4 nitrogen and oxygen atoms in total. The van der Waals surface area contributed by atoms with E-state index in [1.54, 1.807) is 19.1 Å². The maximum atomic E-state index is 12.4. The van der Waals surface area contributed by atoms with Gasteiger partial charge >= 0.3 is 0 Å². The molecule has 0 aliphatic rings. The molecule has 116 valence electrons. The minimum atomic E-state index is -0.385. The zero-order valence-corrected chi connectivity index (χ0v) is 13.3. The Hall–Kier alpha value is -2.59. The number of para-hydroxylation sites is 1. The van der Waals surface area contributed by atoms with Crippen LogP contribution in [-0.4, -0.2) is 10.9 Å². The minimum absolute atomic E-state index is 0.151. The van der Waals surface area contributed by atoms with Crippen LogP contribution in [0.4, 0.5) is 0 Å². The lowest BCUT2D eigenvalue weighted by atomic mass is 10.0. The van der Waals surface area contributed by atoms with Gasteiger partial charge in [-0.3, -0.25) is 9.59 Å². The lowest BCUT2D eigenvalue weighted by Crippen LogP contribution is -2.30. The number of hydrogen-bond acceptors (Lipinski definition) is 2. The van der Waals surface area contributed by atoms with Gasteiger partial charge < -0.3 is 10.3 Å². The molecule has 0 bridgehead atoms. The monoisotopic (exact) mass is 326 g/mol. The molecule has 2 aromatic carbocycles. The number of amides is 1. The molecule has 3 rings (SSSR count). The van der Waals surface area contributed by atoms with Gasteiger partial charge in [0.1, 0.15) is 5.56 Å². The van der Waals surface area contributed by atoms with Crippen molar-refractivity contribution in [1.82, 2.24) is 10.3 Å². The van der Waals surface area contributed by atoms with Crippen LogP contribution in [0.15, 0.2) is 53.3 Å². The Morgan fingerprint density at radius 2 is 1.83 bits per heavy atom. The van der Waals surface area contributed by atoms with Crippen LogP contribution >= 0.6 is 11.6 Å². The second-order valence-corrected chi connectivity index (χ2v) is 5.75. The third-order valence-electron chi connectivity index (χ3n) is 3.77. The molecule has 3 aromatic rings. The number of aryl methyl sites for hydroxylation is 1. The van der Waals surface area contributed by atoms with Crippen LogP contribution in [-0.2, 0) is 6.54 Å². The normalized spacial score (nSPS) is 10.7. The topological polar surface area (TPSA) is 62.0 Å². The highest BCUT2D eigenvalue weighted by molar-refractivity contribution is 6.30. The molecule has 0 fully saturated rings. The number of halogens is 1. The van der Waals surface area contributed by atoms with E-state index in [1.807, 2.05) is 36.4 Å². The Kier molecular flexibility index (Phi) is 4.17. The van der Waals surface area contributed by atoms with E-state index in [-0.39, 0.29) is 17.0 Å². The third-order valence-corrected chi connectivity index (χ3v) is 4.03. The van der Waals surface area contributed by atoms with Crippen LogP contribution in [0.3, 0.4) is 0 Å². The number of aromatic amines is 1.